The molecule has 0 bridgehead atoms. The van der Waals surface area contributed by atoms with Crippen LogP contribution in [0.4, 0.5) is 4.39 Å². The first-order valence-corrected chi connectivity index (χ1v) is 6.94. The topological polar surface area (TPSA) is 32.3 Å². The van der Waals surface area contributed by atoms with Crippen LogP contribution in [0.25, 0.3) is 0 Å². The van der Waals surface area contributed by atoms with E-state index in [1.165, 1.54) is 12.5 Å². The average molecular weight is 262 g/mol. The zero-order valence-corrected chi connectivity index (χ0v) is 11.2. The van der Waals surface area contributed by atoms with E-state index in [2.05, 4.69) is 5.32 Å². The maximum Gasteiger partial charge on any atom is 0.256 e. The van der Waals surface area contributed by atoms with Crippen LogP contribution in [0, 0.1) is 18.7 Å². The molecular formula is C15H19FN2O. The number of piperidine rings is 1. The van der Waals surface area contributed by atoms with Crippen LogP contribution < -0.4 is 5.32 Å². The normalized spacial score (nSPS) is 26.3. The predicted molar refractivity (Wildman–Crippen MR) is 71.6 cm³/mol. The summed E-state index contributed by atoms with van der Waals surface area (Å²) in [6, 6.07) is 5.21. The van der Waals surface area contributed by atoms with Gasteiger partial charge in [0, 0.05) is 19.1 Å². The number of hydrogen-bond acceptors (Lipinski definition) is 2. The summed E-state index contributed by atoms with van der Waals surface area (Å²) in [5.41, 5.74) is 1.04. The number of nitrogens with one attached hydrogen (secondary N) is 1. The molecule has 2 aliphatic rings. The van der Waals surface area contributed by atoms with Crippen LogP contribution in [-0.4, -0.2) is 36.5 Å². The molecule has 0 spiro atoms. The summed E-state index contributed by atoms with van der Waals surface area (Å²) in [7, 11) is 0. The first-order valence-electron chi connectivity index (χ1n) is 6.94. The van der Waals surface area contributed by atoms with Gasteiger partial charge in [-0.15, -0.1) is 0 Å². The minimum absolute atomic E-state index is 0.172. The number of nitrogens with zero attached hydrogens (tertiary/aromatic N) is 1. The minimum atomic E-state index is -0.409. The van der Waals surface area contributed by atoms with E-state index in [1.54, 1.807) is 17.0 Å². The van der Waals surface area contributed by atoms with Gasteiger partial charge in [-0.3, -0.25) is 4.79 Å². The van der Waals surface area contributed by atoms with Crippen LogP contribution in [-0.2, 0) is 0 Å². The fourth-order valence-electron chi connectivity index (χ4n) is 3.18. The maximum atomic E-state index is 13.9. The fraction of sp³-hybridized carbons (Fsp3) is 0.533. The SMILES string of the molecule is Cc1ccc(C(=O)N2C[C@@H]3CCCN[C@@H]3C2)c(F)c1. The molecule has 2 atom stereocenters. The molecule has 0 saturated carbocycles. The van der Waals surface area contributed by atoms with E-state index in [9.17, 15) is 9.18 Å². The third kappa shape index (κ3) is 2.37. The van der Waals surface area contributed by atoms with Gasteiger partial charge in [0.15, 0.2) is 0 Å². The number of carbonyl (C=O) groups excluding carboxylic acids is 1. The Morgan fingerprint density at radius 2 is 2.26 bits per heavy atom. The highest BCUT2D eigenvalue weighted by molar-refractivity contribution is 5.94. The van der Waals surface area contributed by atoms with Gasteiger partial charge in [-0.05, 0) is 49.9 Å². The standard InChI is InChI=1S/C15H19FN2O/c1-10-4-5-12(13(16)7-10)15(19)18-8-11-3-2-6-17-14(11)9-18/h4-5,7,11,14,17H,2-3,6,8-9H2,1H3/t11-,14+/m0/s1. The van der Waals surface area contributed by atoms with Crippen molar-refractivity contribution < 1.29 is 9.18 Å². The van der Waals surface area contributed by atoms with Gasteiger partial charge in [0.1, 0.15) is 5.82 Å². The van der Waals surface area contributed by atoms with Crippen molar-refractivity contribution in [1.82, 2.24) is 10.2 Å². The number of fused-ring (bicyclic) bond motifs is 1. The second-order valence-corrected chi connectivity index (χ2v) is 5.66. The van der Waals surface area contributed by atoms with E-state index in [-0.39, 0.29) is 11.5 Å². The van der Waals surface area contributed by atoms with Gasteiger partial charge in [-0.2, -0.15) is 0 Å². The Morgan fingerprint density at radius 3 is 3.00 bits per heavy atom. The molecule has 3 rings (SSSR count). The molecule has 0 aliphatic carbocycles. The molecule has 1 N–H and O–H groups in total. The molecule has 102 valence electrons. The van der Waals surface area contributed by atoms with Gasteiger partial charge in [0.2, 0.25) is 0 Å². The van der Waals surface area contributed by atoms with Crippen LogP contribution in [0.5, 0.6) is 0 Å². The van der Waals surface area contributed by atoms with Crippen LogP contribution in [0.3, 0.4) is 0 Å². The van der Waals surface area contributed by atoms with Crippen LogP contribution in [0.2, 0.25) is 0 Å². The molecule has 2 aliphatic heterocycles. The summed E-state index contributed by atoms with van der Waals surface area (Å²) in [5.74, 6) is -0.0484. The Kier molecular flexibility index (Phi) is 3.27. The molecule has 2 heterocycles. The van der Waals surface area contributed by atoms with E-state index in [0.29, 0.717) is 18.5 Å². The molecule has 0 unspecified atom stereocenters. The Morgan fingerprint density at radius 1 is 1.42 bits per heavy atom. The Balaban J connectivity index is 1.77. The van der Waals surface area contributed by atoms with Crippen molar-refractivity contribution in [3.05, 3.63) is 35.1 Å². The van der Waals surface area contributed by atoms with Crippen molar-refractivity contribution in [2.24, 2.45) is 5.92 Å². The average Bonchev–Trinajstić information content (AvgIpc) is 2.81. The lowest BCUT2D eigenvalue weighted by atomic mass is 9.94. The van der Waals surface area contributed by atoms with Gasteiger partial charge < -0.3 is 10.2 Å². The summed E-state index contributed by atoms with van der Waals surface area (Å²) in [6.45, 7) is 4.31. The number of benzene rings is 1. The van der Waals surface area contributed by atoms with E-state index in [4.69, 9.17) is 0 Å². The Bertz CT molecular complexity index is 489. The van der Waals surface area contributed by atoms with Crippen molar-refractivity contribution in [2.45, 2.75) is 25.8 Å². The summed E-state index contributed by atoms with van der Waals surface area (Å²) in [6.07, 6.45) is 2.33. The molecule has 19 heavy (non-hydrogen) atoms. The van der Waals surface area contributed by atoms with E-state index in [1.807, 2.05) is 6.92 Å². The monoisotopic (exact) mass is 262 g/mol. The lowest BCUT2D eigenvalue weighted by molar-refractivity contribution is 0.0781. The molecule has 2 fully saturated rings. The molecule has 0 radical (unpaired) electrons. The fourth-order valence-corrected chi connectivity index (χ4v) is 3.18. The van der Waals surface area contributed by atoms with E-state index < -0.39 is 5.82 Å². The number of likely N-dealkylation sites (tertiary alicyclic amines) is 1. The molecule has 1 aromatic rings. The summed E-state index contributed by atoms with van der Waals surface area (Å²) < 4.78 is 13.9. The van der Waals surface area contributed by atoms with Crippen LogP contribution in [0.1, 0.15) is 28.8 Å². The van der Waals surface area contributed by atoms with Gasteiger partial charge in [-0.25, -0.2) is 4.39 Å². The highest BCUT2D eigenvalue weighted by Gasteiger charge is 2.37. The Labute approximate surface area is 112 Å². The molecular weight excluding hydrogens is 243 g/mol. The van der Waals surface area contributed by atoms with Crippen LogP contribution >= 0.6 is 0 Å². The first-order chi connectivity index (χ1) is 9.15. The van der Waals surface area contributed by atoms with Crippen molar-refractivity contribution in [3.8, 4) is 0 Å². The highest BCUT2D eigenvalue weighted by Crippen LogP contribution is 2.26. The summed E-state index contributed by atoms with van der Waals surface area (Å²) >= 11 is 0. The Hall–Kier alpha value is -1.42. The first kappa shape index (κ1) is 12.6. The smallest absolute Gasteiger partial charge is 0.256 e. The van der Waals surface area contributed by atoms with E-state index in [0.717, 1.165) is 25.1 Å². The summed E-state index contributed by atoms with van der Waals surface area (Å²) in [4.78, 5) is 14.2. The van der Waals surface area contributed by atoms with Crippen LogP contribution in [0.15, 0.2) is 18.2 Å². The number of amides is 1. The van der Waals surface area contributed by atoms with Crippen molar-refractivity contribution in [1.29, 1.82) is 0 Å². The number of hydrogen-bond donors (Lipinski definition) is 1. The highest BCUT2D eigenvalue weighted by atomic mass is 19.1. The number of halogens is 1. The predicted octanol–water partition coefficient (Wildman–Crippen LogP) is 1.96. The molecule has 2 saturated heterocycles. The molecule has 1 amide bonds. The lowest BCUT2D eigenvalue weighted by Gasteiger charge is -2.24. The molecule has 0 aromatic heterocycles. The number of rotatable bonds is 1. The van der Waals surface area contributed by atoms with Gasteiger partial charge >= 0.3 is 0 Å². The van der Waals surface area contributed by atoms with Gasteiger partial charge in [-0.1, -0.05) is 6.07 Å². The van der Waals surface area contributed by atoms with Crippen molar-refractivity contribution in [2.75, 3.05) is 19.6 Å². The molecule has 3 nitrogen and oxygen atoms in total. The minimum Gasteiger partial charge on any atom is -0.337 e. The lowest BCUT2D eigenvalue weighted by Crippen LogP contribution is -2.41. The third-order valence-corrected chi connectivity index (χ3v) is 4.24. The van der Waals surface area contributed by atoms with Crippen molar-refractivity contribution in [3.63, 3.8) is 0 Å². The zero-order valence-electron chi connectivity index (χ0n) is 11.2. The third-order valence-electron chi connectivity index (χ3n) is 4.24. The largest absolute Gasteiger partial charge is 0.337 e. The summed E-state index contributed by atoms with van der Waals surface area (Å²) in [5, 5.41) is 3.45. The number of aryl methyl sites for hydroxylation is 1. The second kappa shape index (κ2) is 4.93. The molecule has 4 heteroatoms. The van der Waals surface area contributed by atoms with Gasteiger partial charge in [0.05, 0.1) is 5.56 Å². The molecule has 1 aromatic carbocycles. The number of carbonyl (C=O) groups is 1. The van der Waals surface area contributed by atoms with Crippen molar-refractivity contribution >= 4 is 5.91 Å². The zero-order chi connectivity index (χ0) is 13.4. The van der Waals surface area contributed by atoms with E-state index >= 15 is 0 Å². The van der Waals surface area contributed by atoms with Gasteiger partial charge in [0.25, 0.3) is 5.91 Å². The maximum absolute atomic E-state index is 13.9. The quantitative estimate of drug-likeness (QED) is 0.839. The second-order valence-electron chi connectivity index (χ2n) is 5.66.